The summed E-state index contributed by atoms with van der Waals surface area (Å²) in [5.74, 6) is 1.00. The maximum absolute atomic E-state index is 4.11. The number of hydrogen-bond donors (Lipinski definition) is 1. The number of benzene rings is 1. The lowest BCUT2D eigenvalue weighted by Gasteiger charge is -2.09. The second-order valence-corrected chi connectivity index (χ2v) is 5.50. The normalized spacial score (nSPS) is 10.5. The summed E-state index contributed by atoms with van der Waals surface area (Å²) in [5, 5.41) is 3.38. The fraction of sp³-hybridized carbons (Fsp3) is 0.467. The van der Waals surface area contributed by atoms with Crippen LogP contribution in [0.2, 0.25) is 0 Å². The van der Waals surface area contributed by atoms with Gasteiger partial charge in [-0.3, -0.25) is 0 Å². The highest BCUT2D eigenvalue weighted by atomic mass is 32.2. The summed E-state index contributed by atoms with van der Waals surface area (Å²) in [7, 11) is 0. The van der Waals surface area contributed by atoms with Crippen molar-refractivity contribution in [1.29, 1.82) is 0 Å². The second-order valence-electron chi connectivity index (χ2n) is 4.48. The molecule has 0 aliphatic carbocycles. The van der Waals surface area contributed by atoms with E-state index in [1.165, 1.54) is 28.0 Å². The van der Waals surface area contributed by atoms with Crippen molar-refractivity contribution in [2.75, 3.05) is 18.8 Å². The first kappa shape index (κ1) is 14.3. The largest absolute Gasteiger partial charge is 0.313 e. The fourth-order valence-corrected chi connectivity index (χ4v) is 2.56. The zero-order valence-electron chi connectivity index (χ0n) is 11.2. The Morgan fingerprint density at radius 1 is 1.35 bits per heavy atom. The molecule has 0 amide bonds. The van der Waals surface area contributed by atoms with Crippen LogP contribution >= 0.6 is 11.8 Å². The van der Waals surface area contributed by atoms with Gasteiger partial charge in [0.2, 0.25) is 0 Å². The van der Waals surface area contributed by atoms with E-state index < -0.39 is 0 Å². The lowest BCUT2D eigenvalue weighted by molar-refractivity contribution is 0.716. The highest BCUT2D eigenvalue weighted by Crippen LogP contribution is 2.24. The molecule has 0 heterocycles. The Balaban J connectivity index is 2.39. The smallest absolute Gasteiger partial charge is 0.0200 e. The molecule has 0 bridgehead atoms. The zero-order chi connectivity index (χ0) is 12.7. The molecule has 1 aromatic rings. The predicted molar refractivity (Wildman–Crippen MR) is 78.9 cm³/mol. The van der Waals surface area contributed by atoms with Crippen molar-refractivity contribution in [1.82, 2.24) is 5.32 Å². The van der Waals surface area contributed by atoms with E-state index in [0.29, 0.717) is 0 Å². The SMILES string of the molecule is C=C(CNCCC)CSc1cc(C)ccc1C. The summed E-state index contributed by atoms with van der Waals surface area (Å²) in [6.45, 7) is 12.6. The van der Waals surface area contributed by atoms with Crippen molar-refractivity contribution in [3.8, 4) is 0 Å². The van der Waals surface area contributed by atoms with Gasteiger partial charge in [0.25, 0.3) is 0 Å². The molecule has 94 valence electrons. The molecule has 0 fully saturated rings. The molecule has 0 aliphatic heterocycles. The molecular weight excluding hydrogens is 226 g/mol. The van der Waals surface area contributed by atoms with E-state index in [4.69, 9.17) is 0 Å². The van der Waals surface area contributed by atoms with E-state index in [2.05, 4.69) is 50.9 Å². The summed E-state index contributed by atoms with van der Waals surface area (Å²) in [6, 6.07) is 6.61. The van der Waals surface area contributed by atoms with Crippen molar-refractivity contribution < 1.29 is 0 Å². The third-order valence-electron chi connectivity index (χ3n) is 2.58. The monoisotopic (exact) mass is 249 g/mol. The molecule has 0 saturated carbocycles. The van der Waals surface area contributed by atoms with E-state index in [9.17, 15) is 0 Å². The van der Waals surface area contributed by atoms with Crippen LogP contribution in [0, 0.1) is 13.8 Å². The van der Waals surface area contributed by atoms with Gasteiger partial charge in [0.05, 0.1) is 0 Å². The number of hydrogen-bond acceptors (Lipinski definition) is 2. The van der Waals surface area contributed by atoms with E-state index in [0.717, 1.165) is 18.8 Å². The Morgan fingerprint density at radius 3 is 2.82 bits per heavy atom. The van der Waals surface area contributed by atoms with E-state index in [1.807, 2.05) is 11.8 Å². The van der Waals surface area contributed by atoms with Crippen LogP contribution in [-0.4, -0.2) is 18.8 Å². The van der Waals surface area contributed by atoms with Crippen LogP contribution in [0.15, 0.2) is 35.2 Å². The van der Waals surface area contributed by atoms with Gasteiger partial charge in [0, 0.05) is 17.2 Å². The Bertz CT molecular complexity index is 371. The van der Waals surface area contributed by atoms with Crippen molar-refractivity contribution in [2.24, 2.45) is 0 Å². The fourth-order valence-electron chi connectivity index (χ4n) is 1.54. The summed E-state index contributed by atoms with van der Waals surface area (Å²) in [6.07, 6.45) is 1.18. The molecule has 1 rings (SSSR count). The van der Waals surface area contributed by atoms with Crippen LogP contribution in [0.1, 0.15) is 24.5 Å². The van der Waals surface area contributed by atoms with E-state index in [1.54, 1.807) is 0 Å². The molecule has 0 spiro atoms. The maximum atomic E-state index is 4.11. The first-order chi connectivity index (χ1) is 8.13. The molecule has 1 nitrogen and oxygen atoms in total. The molecule has 17 heavy (non-hydrogen) atoms. The standard InChI is InChI=1S/C15H23NS/c1-5-8-16-10-13(3)11-17-15-9-12(2)6-7-14(15)4/h6-7,9,16H,3,5,8,10-11H2,1-2,4H3. The van der Waals surface area contributed by atoms with Gasteiger partial charge in [0.15, 0.2) is 0 Å². The highest BCUT2D eigenvalue weighted by Gasteiger charge is 2.01. The number of rotatable bonds is 7. The molecule has 1 N–H and O–H groups in total. The van der Waals surface area contributed by atoms with Crippen LogP contribution in [0.3, 0.4) is 0 Å². The predicted octanol–water partition coefficient (Wildman–Crippen LogP) is 3.95. The second kappa shape index (κ2) is 7.57. The van der Waals surface area contributed by atoms with Gasteiger partial charge in [-0.1, -0.05) is 36.8 Å². The summed E-state index contributed by atoms with van der Waals surface area (Å²) >= 11 is 1.89. The minimum Gasteiger partial charge on any atom is -0.313 e. The molecule has 0 unspecified atom stereocenters. The Morgan fingerprint density at radius 2 is 2.12 bits per heavy atom. The molecule has 0 atom stereocenters. The average molecular weight is 249 g/mol. The molecular formula is C15H23NS. The minimum absolute atomic E-state index is 0.936. The van der Waals surface area contributed by atoms with Gasteiger partial charge in [-0.25, -0.2) is 0 Å². The van der Waals surface area contributed by atoms with Gasteiger partial charge in [-0.15, -0.1) is 11.8 Å². The molecule has 2 heteroatoms. The summed E-state index contributed by atoms with van der Waals surface area (Å²) in [4.78, 5) is 1.38. The minimum atomic E-state index is 0.936. The Hall–Kier alpha value is -0.730. The number of thioether (sulfide) groups is 1. The molecule has 0 saturated heterocycles. The van der Waals surface area contributed by atoms with E-state index in [-0.39, 0.29) is 0 Å². The van der Waals surface area contributed by atoms with Gasteiger partial charge < -0.3 is 5.32 Å². The van der Waals surface area contributed by atoms with Gasteiger partial charge in [-0.2, -0.15) is 0 Å². The molecule has 0 radical (unpaired) electrons. The average Bonchev–Trinajstić information content (AvgIpc) is 2.31. The maximum Gasteiger partial charge on any atom is 0.0200 e. The van der Waals surface area contributed by atoms with Crippen LogP contribution in [0.5, 0.6) is 0 Å². The van der Waals surface area contributed by atoms with Crippen molar-refractivity contribution in [3.63, 3.8) is 0 Å². The summed E-state index contributed by atoms with van der Waals surface area (Å²) in [5.41, 5.74) is 3.95. The third kappa shape index (κ3) is 5.42. The van der Waals surface area contributed by atoms with Gasteiger partial charge in [-0.05, 0) is 38.4 Å². The molecule has 0 aromatic heterocycles. The van der Waals surface area contributed by atoms with Crippen molar-refractivity contribution >= 4 is 11.8 Å². The topological polar surface area (TPSA) is 12.0 Å². The number of aryl methyl sites for hydroxylation is 2. The quantitative estimate of drug-likeness (QED) is 0.446. The zero-order valence-corrected chi connectivity index (χ0v) is 12.0. The third-order valence-corrected chi connectivity index (χ3v) is 3.88. The first-order valence-electron chi connectivity index (χ1n) is 6.21. The van der Waals surface area contributed by atoms with Crippen LogP contribution in [0.4, 0.5) is 0 Å². The first-order valence-corrected chi connectivity index (χ1v) is 7.19. The Labute approximate surface area is 110 Å². The molecule has 0 aliphatic rings. The van der Waals surface area contributed by atoms with Crippen LogP contribution < -0.4 is 5.32 Å². The summed E-state index contributed by atoms with van der Waals surface area (Å²) < 4.78 is 0. The van der Waals surface area contributed by atoms with Crippen LogP contribution in [-0.2, 0) is 0 Å². The molecule has 1 aromatic carbocycles. The number of nitrogens with one attached hydrogen (secondary N) is 1. The van der Waals surface area contributed by atoms with Gasteiger partial charge in [0.1, 0.15) is 0 Å². The highest BCUT2D eigenvalue weighted by molar-refractivity contribution is 7.99. The lowest BCUT2D eigenvalue weighted by atomic mass is 10.2. The Kier molecular flexibility index (Phi) is 6.38. The van der Waals surface area contributed by atoms with Crippen molar-refractivity contribution in [3.05, 3.63) is 41.5 Å². The lowest BCUT2D eigenvalue weighted by Crippen LogP contribution is -2.18. The van der Waals surface area contributed by atoms with Gasteiger partial charge >= 0.3 is 0 Å². The van der Waals surface area contributed by atoms with Crippen LogP contribution in [0.25, 0.3) is 0 Å². The van der Waals surface area contributed by atoms with Crippen molar-refractivity contribution in [2.45, 2.75) is 32.1 Å². The van der Waals surface area contributed by atoms with E-state index >= 15 is 0 Å².